The smallest absolute Gasteiger partial charge is 0.322 e. The molecule has 0 radical (unpaired) electrons. The van der Waals surface area contributed by atoms with Crippen molar-refractivity contribution in [1.82, 2.24) is 10.6 Å². The molecule has 2 aromatic carbocycles. The molecule has 28 heavy (non-hydrogen) atoms. The molecule has 0 unspecified atom stereocenters. The third-order valence-corrected chi connectivity index (χ3v) is 5.17. The van der Waals surface area contributed by atoms with Crippen LogP contribution in [0.1, 0.15) is 38.3 Å². The zero-order valence-corrected chi connectivity index (χ0v) is 16.2. The first-order chi connectivity index (χ1) is 13.2. The summed E-state index contributed by atoms with van der Waals surface area (Å²) in [4.78, 5) is 35.8. The lowest BCUT2D eigenvalue weighted by atomic mass is 9.85. The summed E-state index contributed by atoms with van der Waals surface area (Å²) in [6, 6.07) is 16.2. The zero-order valence-electron chi connectivity index (χ0n) is 16.2. The van der Waals surface area contributed by atoms with Crippen LogP contribution in [0.3, 0.4) is 0 Å². The van der Waals surface area contributed by atoms with Gasteiger partial charge in [0, 0.05) is 0 Å². The maximum atomic E-state index is 12.6. The number of imide groups is 1. The molecule has 3 rings (SSSR count). The van der Waals surface area contributed by atoms with Crippen LogP contribution < -0.4 is 15.4 Å². The Labute approximate surface area is 164 Å². The third-order valence-electron chi connectivity index (χ3n) is 5.17. The number of carbonyl (C=O) groups is 3. The van der Waals surface area contributed by atoms with Crippen LogP contribution in [0.25, 0.3) is 0 Å². The lowest BCUT2D eigenvalue weighted by Gasteiger charge is -2.23. The van der Waals surface area contributed by atoms with Crippen LogP contribution in [-0.4, -0.2) is 23.4 Å². The van der Waals surface area contributed by atoms with Crippen molar-refractivity contribution in [2.45, 2.75) is 44.6 Å². The molecule has 3 amide bonds. The summed E-state index contributed by atoms with van der Waals surface area (Å²) in [5, 5.41) is 4.91. The molecule has 1 heterocycles. The summed E-state index contributed by atoms with van der Waals surface area (Å²) in [7, 11) is 0. The molecule has 2 aromatic rings. The normalized spacial score (nSPS) is 19.1. The molecule has 1 aliphatic rings. The van der Waals surface area contributed by atoms with E-state index in [9.17, 15) is 14.4 Å². The third kappa shape index (κ3) is 4.06. The molecule has 1 saturated heterocycles. The van der Waals surface area contributed by atoms with Crippen LogP contribution in [0.4, 0.5) is 4.79 Å². The second-order valence-electron chi connectivity index (χ2n) is 7.76. The van der Waals surface area contributed by atoms with E-state index in [1.165, 1.54) is 0 Å². The minimum Gasteiger partial charge on any atom is -0.426 e. The minimum absolute atomic E-state index is 0.314. The number of benzene rings is 2. The molecule has 0 aromatic heterocycles. The summed E-state index contributed by atoms with van der Waals surface area (Å²) in [6.45, 7) is 5.37. The molecule has 0 bridgehead atoms. The fraction of sp³-hybridized carbons (Fsp3) is 0.318. The monoisotopic (exact) mass is 380 g/mol. The van der Waals surface area contributed by atoms with Crippen molar-refractivity contribution < 1.29 is 19.1 Å². The summed E-state index contributed by atoms with van der Waals surface area (Å²) in [6.07, 6.45) is 1.08. The number of aryl methyl sites for hydroxylation is 1. The van der Waals surface area contributed by atoms with E-state index in [0.717, 1.165) is 11.1 Å². The summed E-state index contributed by atoms with van der Waals surface area (Å²) in [5.41, 5.74) is 0.212. The quantitative estimate of drug-likeness (QED) is 0.458. The van der Waals surface area contributed by atoms with E-state index in [1.54, 1.807) is 19.1 Å². The van der Waals surface area contributed by atoms with Gasteiger partial charge in [-0.2, -0.15) is 0 Å². The summed E-state index contributed by atoms with van der Waals surface area (Å²) >= 11 is 0. The van der Waals surface area contributed by atoms with Gasteiger partial charge >= 0.3 is 12.0 Å². The number of esters is 1. The van der Waals surface area contributed by atoms with Gasteiger partial charge in [0.25, 0.3) is 5.91 Å². The predicted octanol–water partition coefficient (Wildman–Crippen LogP) is 3.10. The van der Waals surface area contributed by atoms with Crippen molar-refractivity contribution in [1.29, 1.82) is 0 Å². The lowest BCUT2D eigenvalue weighted by molar-refractivity contribution is -0.139. The maximum absolute atomic E-state index is 12.6. The summed E-state index contributed by atoms with van der Waals surface area (Å²) < 4.78 is 5.56. The number of ether oxygens (including phenoxy) is 1. The highest BCUT2D eigenvalue weighted by Crippen LogP contribution is 2.26. The zero-order chi connectivity index (χ0) is 20.4. The number of hydrogen-bond donors (Lipinski definition) is 2. The van der Waals surface area contributed by atoms with Gasteiger partial charge in [0.15, 0.2) is 0 Å². The molecule has 1 aliphatic heterocycles. The van der Waals surface area contributed by atoms with E-state index >= 15 is 0 Å². The van der Waals surface area contributed by atoms with E-state index in [4.69, 9.17) is 4.74 Å². The first-order valence-corrected chi connectivity index (χ1v) is 9.21. The van der Waals surface area contributed by atoms with Crippen LogP contribution in [-0.2, 0) is 21.4 Å². The Balaban J connectivity index is 1.61. The maximum Gasteiger partial charge on any atom is 0.322 e. The molecule has 0 spiro atoms. The highest BCUT2D eigenvalue weighted by Gasteiger charge is 2.41. The van der Waals surface area contributed by atoms with Crippen LogP contribution >= 0.6 is 0 Å². The molecule has 0 aliphatic carbocycles. The van der Waals surface area contributed by atoms with E-state index in [0.29, 0.717) is 18.6 Å². The van der Waals surface area contributed by atoms with Crippen molar-refractivity contribution in [3.05, 3.63) is 65.7 Å². The van der Waals surface area contributed by atoms with Crippen molar-refractivity contribution in [2.24, 2.45) is 0 Å². The molecular weight excluding hydrogens is 356 g/mol. The van der Waals surface area contributed by atoms with Crippen molar-refractivity contribution in [2.75, 3.05) is 0 Å². The van der Waals surface area contributed by atoms with Gasteiger partial charge in [-0.25, -0.2) is 4.79 Å². The molecule has 2 N–H and O–H groups in total. The molecule has 146 valence electrons. The molecular formula is C22H24N2O4. The summed E-state index contributed by atoms with van der Waals surface area (Å²) in [5.74, 6) is -0.175. The Hall–Kier alpha value is -3.15. The Morgan fingerprint density at radius 3 is 2.25 bits per heavy atom. The topological polar surface area (TPSA) is 84.5 Å². The number of nitrogens with one attached hydrogen (secondary N) is 2. The predicted molar refractivity (Wildman–Crippen MR) is 105 cm³/mol. The molecule has 6 nitrogen and oxygen atoms in total. The van der Waals surface area contributed by atoms with Gasteiger partial charge in [-0.3, -0.25) is 14.9 Å². The number of amides is 3. The van der Waals surface area contributed by atoms with Gasteiger partial charge in [0.05, 0.1) is 5.41 Å². The second kappa shape index (κ2) is 7.46. The Morgan fingerprint density at radius 1 is 1.04 bits per heavy atom. The van der Waals surface area contributed by atoms with E-state index in [1.807, 2.05) is 56.3 Å². The second-order valence-corrected chi connectivity index (χ2v) is 7.76. The largest absolute Gasteiger partial charge is 0.426 e. The molecule has 6 heteroatoms. The molecule has 0 saturated carbocycles. The van der Waals surface area contributed by atoms with Crippen molar-refractivity contribution in [3.8, 4) is 5.75 Å². The molecule has 1 atom stereocenters. The standard InChI is InChI=1S/C22H24N2O4/c1-21(2,16-7-5-4-6-8-16)19(26)28-17-11-9-15(10-12-17)13-14-22(3)18(25)23-20(27)24-22/h4-12H,13-14H2,1-3H3,(H2,23,24,25,27)/t22-/m0/s1. The highest BCUT2D eigenvalue weighted by atomic mass is 16.5. The van der Waals surface area contributed by atoms with Gasteiger partial charge in [-0.05, 0) is 56.9 Å². The lowest BCUT2D eigenvalue weighted by Crippen LogP contribution is -2.43. The van der Waals surface area contributed by atoms with Gasteiger partial charge < -0.3 is 10.1 Å². The number of hydrogen-bond acceptors (Lipinski definition) is 4. The van der Waals surface area contributed by atoms with Crippen LogP contribution in [0, 0.1) is 0 Å². The van der Waals surface area contributed by atoms with Crippen LogP contribution in [0.5, 0.6) is 5.75 Å². The van der Waals surface area contributed by atoms with E-state index < -0.39 is 17.0 Å². The SMILES string of the molecule is CC(C)(C(=O)Oc1ccc(CC[C@]2(C)NC(=O)NC2=O)cc1)c1ccccc1. The van der Waals surface area contributed by atoms with Gasteiger partial charge in [0.2, 0.25) is 0 Å². The fourth-order valence-electron chi connectivity index (χ4n) is 3.08. The van der Waals surface area contributed by atoms with Crippen LogP contribution in [0.2, 0.25) is 0 Å². The fourth-order valence-corrected chi connectivity index (χ4v) is 3.08. The average molecular weight is 380 g/mol. The Kier molecular flexibility index (Phi) is 5.23. The van der Waals surface area contributed by atoms with Crippen molar-refractivity contribution in [3.63, 3.8) is 0 Å². The average Bonchev–Trinajstić information content (AvgIpc) is 2.93. The minimum atomic E-state index is -0.901. The Morgan fingerprint density at radius 2 is 1.68 bits per heavy atom. The Bertz CT molecular complexity index is 891. The van der Waals surface area contributed by atoms with E-state index in [-0.39, 0.29) is 11.9 Å². The first-order valence-electron chi connectivity index (χ1n) is 9.21. The highest BCUT2D eigenvalue weighted by molar-refractivity contribution is 6.06. The number of carbonyl (C=O) groups excluding carboxylic acids is 3. The number of rotatable bonds is 6. The van der Waals surface area contributed by atoms with Gasteiger partial charge in [-0.1, -0.05) is 42.5 Å². The van der Waals surface area contributed by atoms with Crippen LogP contribution in [0.15, 0.2) is 54.6 Å². The van der Waals surface area contributed by atoms with Crippen molar-refractivity contribution >= 4 is 17.9 Å². The van der Waals surface area contributed by atoms with Gasteiger partial charge in [-0.15, -0.1) is 0 Å². The number of urea groups is 1. The van der Waals surface area contributed by atoms with E-state index in [2.05, 4.69) is 10.6 Å². The first kappa shape index (κ1) is 19.6. The molecule has 1 fully saturated rings. The van der Waals surface area contributed by atoms with Gasteiger partial charge in [0.1, 0.15) is 11.3 Å².